The van der Waals surface area contributed by atoms with Crippen LogP contribution in [0.3, 0.4) is 0 Å². The van der Waals surface area contributed by atoms with Crippen LogP contribution in [-0.2, 0) is 11.0 Å². The second-order valence-electron chi connectivity index (χ2n) is 2.88. The van der Waals surface area contributed by atoms with Crippen molar-refractivity contribution in [1.82, 2.24) is 0 Å². The van der Waals surface area contributed by atoms with Crippen molar-refractivity contribution < 1.29 is 18.0 Å². The lowest BCUT2D eigenvalue weighted by Gasteiger charge is -2.05. The molecule has 0 aliphatic carbocycles. The minimum absolute atomic E-state index is 0.324. The molecule has 0 heterocycles. The van der Waals surface area contributed by atoms with Crippen molar-refractivity contribution >= 4 is 5.78 Å². The van der Waals surface area contributed by atoms with Gasteiger partial charge in [-0.25, -0.2) is 0 Å². The van der Waals surface area contributed by atoms with E-state index in [1.165, 1.54) is 19.1 Å². The first-order valence-corrected chi connectivity index (χ1v) is 4.09. The molecule has 0 saturated heterocycles. The van der Waals surface area contributed by atoms with E-state index >= 15 is 0 Å². The summed E-state index contributed by atoms with van der Waals surface area (Å²) in [5.41, 5.74) is -0.339. The van der Waals surface area contributed by atoms with Gasteiger partial charge in [0.15, 0.2) is 0 Å². The van der Waals surface area contributed by atoms with Crippen molar-refractivity contribution in [2.24, 2.45) is 0 Å². The molecular formula is C11H7F3O. The predicted molar refractivity (Wildman–Crippen MR) is 49.0 cm³/mol. The van der Waals surface area contributed by atoms with Gasteiger partial charge in [-0.3, -0.25) is 4.79 Å². The van der Waals surface area contributed by atoms with Crippen molar-refractivity contribution in [1.29, 1.82) is 0 Å². The van der Waals surface area contributed by atoms with Gasteiger partial charge in [0, 0.05) is 12.5 Å². The molecule has 0 aromatic heterocycles. The predicted octanol–water partition coefficient (Wildman–Crippen LogP) is 2.65. The molecule has 0 bridgehead atoms. The lowest BCUT2D eigenvalue weighted by atomic mass is 10.1. The van der Waals surface area contributed by atoms with Gasteiger partial charge >= 0.3 is 6.18 Å². The summed E-state index contributed by atoms with van der Waals surface area (Å²) in [6, 6.07) is 4.34. The van der Waals surface area contributed by atoms with E-state index < -0.39 is 11.7 Å². The van der Waals surface area contributed by atoms with Crippen LogP contribution >= 0.6 is 0 Å². The van der Waals surface area contributed by atoms with Crippen LogP contribution in [0.5, 0.6) is 0 Å². The summed E-state index contributed by atoms with van der Waals surface area (Å²) in [6.45, 7) is 1.29. The largest absolute Gasteiger partial charge is 0.416 e. The number of benzene rings is 1. The van der Waals surface area contributed by atoms with E-state index in [1.54, 1.807) is 0 Å². The molecule has 4 heteroatoms. The number of alkyl halides is 3. The van der Waals surface area contributed by atoms with E-state index in [0.717, 1.165) is 12.1 Å². The molecule has 0 aliphatic heterocycles. The average molecular weight is 212 g/mol. The molecule has 0 aliphatic rings. The second-order valence-corrected chi connectivity index (χ2v) is 2.88. The van der Waals surface area contributed by atoms with Crippen LogP contribution in [0, 0.1) is 11.8 Å². The van der Waals surface area contributed by atoms with Crippen molar-refractivity contribution in [2.75, 3.05) is 0 Å². The molecule has 1 aromatic rings. The van der Waals surface area contributed by atoms with Crippen molar-refractivity contribution in [3.8, 4) is 11.8 Å². The van der Waals surface area contributed by atoms with Gasteiger partial charge in [-0.1, -0.05) is 5.92 Å². The fourth-order valence-corrected chi connectivity index (χ4v) is 0.903. The van der Waals surface area contributed by atoms with E-state index in [9.17, 15) is 18.0 Å². The topological polar surface area (TPSA) is 17.1 Å². The number of ketones is 1. The van der Waals surface area contributed by atoms with Gasteiger partial charge in [0.25, 0.3) is 0 Å². The second kappa shape index (κ2) is 4.18. The van der Waals surface area contributed by atoms with Crippen LogP contribution in [0.2, 0.25) is 0 Å². The maximum atomic E-state index is 12.1. The van der Waals surface area contributed by atoms with Crippen LogP contribution < -0.4 is 0 Å². The molecule has 0 saturated carbocycles. The normalized spacial score (nSPS) is 10.4. The molecule has 1 rings (SSSR count). The molecule has 0 radical (unpaired) electrons. The summed E-state index contributed by atoms with van der Waals surface area (Å²) in [4.78, 5) is 10.5. The molecular weight excluding hydrogens is 205 g/mol. The van der Waals surface area contributed by atoms with E-state index in [-0.39, 0.29) is 5.78 Å². The lowest BCUT2D eigenvalue weighted by molar-refractivity contribution is -0.137. The zero-order valence-corrected chi connectivity index (χ0v) is 7.85. The summed E-state index contributed by atoms with van der Waals surface area (Å²) < 4.78 is 36.4. The number of rotatable bonds is 0. The number of carbonyl (C=O) groups is 1. The first kappa shape index (κ1) is 11.3. The highest BCUT2D eigenvalue weighted by molar-refractivity contribution is 5.93. The molecule has 78 valence electrons. The number of Topliss-reactive ketones (excluding diaryl/α,β-unsaturated/α-hetero) is 1. The highest BCUT2D eigenvalue weighted by atomic mass is 19.4. The van der Waals surface area contributed by atoms with Gasteiger partial charge in [0.2, 0.25) is 5.78 Å². The minimum atomic E-state index is -4.34. The zero-order valence-electron chi connectivity index (χ0n) is 7.85. The summed E-state index contributed by atoms with van der Waals surface area (Å²) in [5, 5.41) is 0. The molecule has 1 aromatic carbocycles. The molecule has 1 nitrogen and oxygen atoms in total. The van der Waals surface area contributed by atoms with Gasteiger partial charge in [-0.15, -0.1) is 0 Å². The Morgan fingerprint density at radius 2 is 1.73 bits per heavy atom. The Hall–Kier alpha value is -1.76. The minimum Gasteiger partial charge on any atom is -0.285 e. The van der Waals surface area contributed by atoms with Gasteiger partial charge in [-0.05, 0) is 30.2 Å². The van der Waals surface area contributed by atoms with Crippen LogP contribution in [-0.4, -0.2) is 5.78 Å². The maximum absolute atomic E-state index is 12.1. The molecule has 0 N–H and O–H groups in total. The Morgan fingerprint density at radius 1 is 1.20 bits per heavy atom. The Bertz CT molecular complexity index is 418. The monoisotopic (exact) mass is 212 g/mol. The van der Waals surface area contributed by atoms with Crippen molar-refractivity contribution in [3.05, 3.63) is 35.4 Å². The first-order valence-electron chi connectivity index (χ1n) is 4.09. The standard InChI is InChI=1S/C11H7F3O/c1-8(15)2-3-9-4-6-10(7-5-9)11(12,13)14/h4-7H,1H3. The average Bonchev–Trinajstić information content (AvgIpc) is 2.14. The third-order valence-electron chi connectivity index (χ3n) is 1.60. The van der Waals surface area contributed by atoms with Gasteiger partial charge in [0.05, 0.1) is 5.56 Å². The number of carbonyl (C=O) groups excluding carboxylic acids is 1. The fourth-order valence-electron chi connectivity index (χ4n) is 0.903. The quantitative estimate of drug-likeness (QED) is 0.604. The van der Waals surface area contributed by atoms with Gasteiger partial charge in [0.1, 0.15) is 0 Å². The molecule has 0 unspecified atom stereocenters. The lowest BCUT2D eigenvalue weighted by Crippen LogP contribution is -2.04. The summed E-state index contributed by atoms with van der Waals surface area (Å²) in [7, 11) is 0. The third kappa shape index (κ3) is 3.47. The van der Waals surface area contributed by atoms with Crippen LogP contribution in [0.1, 0.15) is 18.1 Å². The van der Waals surface area contributed by atoms with Crippen LogP contribution in [0.25, 0.3) is 0 Å². The van der Waals surface area contributed by atoms with E-state index in [2.05, 4.69) is 11.8 Å². The summed E-state index contributed by atoms with van der Waals surface area (Å²) in [5.74, 6) is 4.38. The highest BCUT2D eigenvalue weighted by Gasteiger charge is 2.29. The van der Waals surface area contributed by atoms with E-state index in [4.69, 9.17) is 0 Å². The van der Waals surface area contributed by atoms with Crippen molar-refractivity contribution in [3.63, 3.8) is 0 Å². The smallest absolute Gasteiger partial charge is 0.285 e. The Balaban J connectivity index is 2.93. The molecule has 0 fully saturated rings. The SMILES string of the molecule is CC(=O)C#Cc1ccc(C(F)(F)F)cc1. The van der Waals surface area contributed by atoms with E-state index in [0.29, 0.717) is 5.56 Å². The summed E-state index contributed by atoms with van der Waals surface area (Å²) >= 11 is 0. The third-order valence-corrected chi connectivity index (χ3v) is 1.60. The van der Waals surface area contributed by atoms with Crippen molar-refractivity contribution in [2.45, 2.75) is 13.1 Å². The molecule has 15 heavy (non-hydrogen) atoms. The molecule has 0 spiro atoms. The van der Waals surface area contributed by atoms with Gasteiger partial charge in [-0.2, -0.15) is 13.2 Å². The maximum Gasteiger partial charge on any atom is 0.416 e. The fraction of sp³-hybridized carbons (Fsp3) is 0.182. The Morgan fingerprint density at radius 3 is 2.13 bits per heavy atom. The summed E-state index contributed by atoms with van der Waals surface area (Å²) in [6.07, 6.45) is -4.34. The Labute approximate surface area is 84.9 Å². The van der Waals surface area contributed by atoms with E-state index in [1.807, 2.05) is 0 Å². The molecule has 0 amide bonds. The highest BCUT2D eigenvalue weighted by Crippen LogP contribution is 2.28. The van der Waals surface area contributed by atoms with Crippen LogP contribution in [0.4, 0.5) is 13.2 Å². The van der Waals surface area contributed by atoms with Crippen LogP contribution in [0.15, 0.2) is 24.3 Å². The zero-order chi connectivity index (χ0) is 11.5. The Kier molecular flexibility index (Phi) is 3.15. The van der Waals surface area contributed by atoms with Gasteiger partial charge < -0.3 is 0 Å². The number of hydrogen-bond donors (Lipinski definition) is 0. The number of halogens is 3. The number of hydrogen-bond acceptors (Lipinski definition) is 1. The first-order chi connectivity index (χ1) is 6.89. The molecule has 0 atom stereocenters.